The van der Waals surface area contributed by atoms with Crippen LogP contribution >= 0.6 is 11.6 Å². The molecule has 3 rings (SSSR count). The van der Waals surface area contributed by atoms with Crippen LogP contribution in [0.5, 0.6) is 0 Å². The minimum Gasteiger partial charge on any atom is -0.369 e. The first-order valence-corrected chi connectivity index (χ1v) is 8.37. The third-order valence-corrected chi connectivity index (χ3v) is 4.38. The highest BCUT2D eigenvalue weighted by Gasteiger charge is 2.20. The Kier molecular flexibility index (Phi) is 5.50. The molecule has 0 atom stereocenters. The van der Waals surface area contributed by atoms with Crippen LogP contribution in [0.3, 0.4) is 0 Å². The molecule has 1 heterocycles. The molecular weight excluding hydrogens is 348 g/mol. The molecule has 25 heavy (non-hydrogen) atoms. The molecule has 1 fully saturated rings. The van der Waals surface area contributed by atoms with Gasteiger partial charge in [0, 0.05) is 36.9 Å². The molecule has 0 aliphatic carbocycles. The van der Waals surface area contributed by atoms with E-state index in [1.54, 1.807) is 0 Å². The summed E-state index contributed by atoms with van der Waals surface area (Å²) in [6.07, 6.45) is 0. The molecule has 1 N–H and O–H groups in total. The Morgan fingerprint density at radius 1 is 1.04 bits per heavy atom. The molecule has 0 radical (unpaired) electrons. The summed E-state index contributed by atoms with van der Waals surface area (Å²) >= 11 is 6.01. The fourth-order valence-corrected chi connectivity index (χ4v) is 3.02. The zero-order valence-electron chi connectivity index (χ0n) is 13.5. The SMILES string of the molecule is O=C(CN1CCN(c2cccc(Cl)c2)CC1)Nc1c(F)cccc1F. The van der Waals surface area contributed by atoms with E-state index in [1.807, 2.05) is 29.2 Å². The van der Waals surface area contributed by atoms with Gasteiger partial charge < -0.3 is 10.2 Å². The van der Waals surface area contributed by atoms with Crippen molar-refractivity contribution in [2.24, 2.45) is 0 Å². The lowest BCUT2D eigenvalue weighted by atomic mass is 10.2. The molecule has 0 saturated carbocycles. The number of nitrogens with zero attached hydrogens (tertiary/aromatic N) is 2. The number of benzene rings is 2. The number of nitrogens with one attached hydrogen (secondary N) is 1. The molecule has 2 aromatic carbocycles. The maximum Gasteiger partial charge on any atom is 0.238 e. The summed E-state index contributed by atoms with van der Waals surface area (Å²) < 4.78 is 27.2. The van der Waals surface area contributed by atoms with E-state index in [4.69, 9.17) is 11.6 Å². The molecule has 1 amide bonds. The van der Waals surface area contributed by atoms with Crippen LogP contribution in [0.4, 0.5) is 20.2 Å². The van der Waals surface area contributed by atoms with Crippen LogP contribution in [0.15, 0.2) is 42.5 Å². The summed E-state index contributed by atoms with van der Waals surface area (Å²) in [4.78, 5) is 16.2. The molecule has 1 aliphatic heterocycles. The molecule has 0 bridgehead atoms. The van der Waals surface area contributed by atoms with Gasteiger partial charge in [0.05, 0.1) is 6.54 Å². The second-order valence-electron chi connectivity index (χ2n) is 5.89. The summed E-state index contributed by atoms with van der Waals surface area (Å²) in [7, 11) is 0. The smallest absolute Gasteiger partial charge is 0.238 e. The molecule has 0 aromatic heterocycles. The van der Waals surface area contributed by atoms with Crippen molar-refractivity contribution < 1.29 is 13.6 Å². The summed E-state index contributed by atoms with van der Waals surface area (Å²) in [5.41, 5.74) is 0.648. The Bertz CT molecular complexity index is 743. The topological polar surface area (TPSA) is 35.6 Å². The number of hydrogen-bond acceptors (Lipinski definition) is 3. The Labute approximate surface area is 150 Å². The zero-order chi connectivity index (χ0) is 17.8. The van der Waals surface area contributed by atoms with E-state index in [0.717, 1.165) is 30.9 Å². The lowest BCUT2D eigenvalue weighted by Gasteiger charge is -2.35. The number of piperazine rings is 1. The monoisotopic (exact) mass is 365 g/mol. The van der Waals surface area contributed by atoms with E-state index in [2.05, 4.69) is 10.2 Å². The van der Waals surface area contributed by atoms with Crippen LogP contribution in [0.2, 0.25) is 5.02 Å². The Hall–Kier alpha value is -2.18. The second-order valence-corrected chi connectivity index (χ2v) is 6.32. The first-order chi connectivity index (χ1) is 12.0. The maximum absolute atomic E-state index is 13.6. The van der Waals surface area contributed by atoms with Crippen molar-refractivity contribution in [2.75, 3.05) is 42.9 Å². The number of carbonyl (C=O) groups excluding carboxylic acids is 1. The Morgan fingerprint density at radius 3 is 2.32 bits per heavy atom. The highest BCUT2D eigenvalue weighted by Crippen LogP contribution is 2.21. The first kappa shape index (κ1) is 17.6. The predicted molar refractivity (Wildman–Crippen MR) is 95.1 cm³/mol. The van der Waals surface area contributed by atoms with Crippen LogP contribution in [0.25, 0.3) is 0 Å². The van der Waals surface area contributed by atoms with Gasteiger partial charge in [0.1, 0.15) is 17.3 Å². The highest BCUT2D eigenvalue weighted by atomic mass is 35.5. The summed E-state index contributed by atoms with van der Waals surface area (Å²) in [5.74, 6) is -1.99. The fourth-order valence-electron chi connectivity index (χ4n) is 2.84. The lowest BCUT2D eigenvalue weighted by molar-refractivity contribution is -0.117. The van der Waals surface area contributed by atoms with Crippen LogP contribution in [-0.2, 0) is 4.79 Å². The molecule has 0 spiro atoms. The lowest BCUT2D eigenvalue weighted by Crippen LogP contribution is -2.48. The number of carbonyl (C=O) groups is 1. The average molecular weight is 366 g/mol. The van der Waals surface area contributed by atoms with Crippen LogP contribution < -0.4 is 10.2 Å². The summed E-state index contributed by atoms with van der Waals surface area (Å²) in [5, 5.41) is 3.00. The molecule has 0 unspecified atom stereocenters. The number of rotatable bonds is 4. The standard InChI is InChI=1S/C18H18ClF2N3O/c19-13-3-1-4-14(11-13)24-9-7-23(8-10-24)12-17(25)22-18-15(20)5-2-6-16(18)21/h1-6,11H,7-10,12H2,(H,22,25). The first-order valence-electron chi connectivity index (χ1n) is 7.99. The number of hydrogen-bond donors (Lipinski definition) is 1. The molecule has 7 heteroatoms. The van der Waals surface area contributed by atoms with Gasteiger partial charge in [0.2, 0.25) is 5.91 Å². The van der Waals surface area contributed by atoms with Crippen molar-refractivity contribution in [2.45, 2.75) is 0 Å². The van der Waals surface area contributed by atoms with Crippen LogP contribution in [0.1, 0.15) is 0 Å². The van der Waals surface area contributed by atoms with Gasteiger partial charge in [-0.2, -0.15) is 0 Å². The number of para-hydroxylation sites is 1. The zero-order valence-corrected chi connectivity index (χ0v) is 14.3. The molecule has 4 nitrogen and oxygen atoms in total. The van der Waals surface area contributed by atoms with E-state index in [-0.39, 0.29) is 6.54 Å². The second kappa shape index (κ2) is 7.80. The largest absolute Gasteiger partial charge is 0.369 e. The Balaban J connectivity index is 1.53. The van der Waals surface area contributed by atoms with E-state index in [9.17, 15) is 13.6 Å². The third kappa shape index (κ3) is 4.46. The van der Waals surface area contributed by atoms with Gasteiger partial charge in [-0.3, -0.25) is 9.69 Å². The van der Waals surface area contributed by atoms with Gasteiger partial charge in [-0.25, -0.2) is 8.78 Å². The van der Waals surface area contributed by atoms with Gasteiger partial charge in [-0.15, -0.1) is 0 Å². The summed E-state index contributed by atoms with van der Waals surface area (Å²) in [6, 6.07) is 11.1. The molecule has 1 aliphatic rings. The normalized spacial score (nSPS) is 15.2. The van der Waals surface area contributed by atoms with Gasteiger partial charge in [-0.1, -0.05) is 23.7 Å². The van der Waals surface area contributed by atoms with Gasteiger partial charge >= 0.3 is 0 Å². The average Bonchev–Trinajstić information content (AvgIpc) is 2.59. The third-order valence-electron chi connectivity index (χ3n) is 4.14. The minimum atomic E-state index is -0.779. The van der Waals surface area contributed by atoms with Gasteiger partial charge in [0.15, 0.2) is 0 Å². The fraction of sp³-hybridized carbons (Fsp3) is 0.278. The van der Waals surface area contributed by atoms with Crippen molar-refractivity contribution in [1.82, 2.24) is 4.90 Å². The number of halogens is 3. The van der Waals surface area contributed by atoms with Crippen LogP contribution in [0, 0.1) is 11.6 Å². The molecule has 132 valence electrons. The molecular formula is C18H18ClF2N3O. The molecule has 2 aromatic rings. The van der Waals surface area contributed by atoms with Crippen molar-refractivity contribution >= 4 is 28.9 Å². The highest BCUT2D eigenvalue weighted by molar-refractivity contribution is 6.30. The van der Waals surface area contributed by atoms with Gasteiger partial charge in [0.25, 0.3) is 0 Å². The van der Waals surface area contributed by atoms with Crippen molar-refractivity contribution in [3.63, 3.8) is 0 Å². The predicted octanol–water partition coefficient (Wildman–Crippen LogP) is 3.38. The number of amides is 1. The van der Waals surface area contributed by atoms with Crippen molar-refractivity contribution in [3.05, 3.63) is 59.1 Å². The van der Waals surface area contributed by atoms with Crippen LogP contribution in [-0.4, -0.2) is 43.5 Å². The van der Waals surface area contributed by atoms with E-state index in [1.165, 1.54) is 6.07 Å². The summed E-state index contributed by atoms with van der Waals surface area (Å²) in [6.45, 7) is 2.96. The quantitative estimate of drug-likeness (QED) is 0.902. The van der Waals surface area contributed by atoms with E-state index >= 15 is 0 Å². The van der Waals surface area contributed by atoms with Crippen molar-refractivity contribution in [1.29, 1.82) is 0 Å². The van der Waals surface area contributed by atoms with E-state index < -0.39 is 23.2 Å². The number of anilines is 2. The Morgan fingerprint density at radius 2 is 1.68 bits per heavy atom. The van der Waals surface area contributed by atoms with Gasteiger partial charge in [-0.05, 0) is 30.3 Å². The molecule has 1 saturated heterocycles. The maximum atomic E-state index is 13.6. The minimum absolute atomic E-state index is 0.0944. The van der Waals surface area contributed by atoms with Crippen molar-refractivity contribution in [3.8, 4) is 0 Å². The van der Waals surface area contributed by atoms with E-state index in [0.29, 0.717) is 18.1 Å².